The number of H-pyrrole nitrogens is 1. The summed E-state index contributed by atoms with van der Waals surface area (Å²) >= 11 is 1.30. The fourth-order valence-electron chi connectivity index (χ4n) is 1.55. The molecular weight excluding hydrogens is 270 g/mol. The van der Waals surface area contributed by atoms with Crippen molar-refractivity contribution in [2.45, 2.75) is 24.4 Å². The van der Waals surface area contributed by atoms with Crippen LogP contribution in [0.4, 0.5) is 0 Å². The van der Waals surface area contributed by atoms with Gasteiger partial charge >= 0.3 is 5.69 Å². The molecular formula is C10H13N5O3S. The van der Waals surface area contributed by atoms with Crippen LogP contribution in [0.1, 0.15) is 23.0 Å². The van der Waals surface area contributed by atoms with E-state index in [-0.39, 0.29) is 5.69 Å². The highest BCUT2D eigenvalue weighted by Gasteiger charge is 2.15. The minimum Gasteiger partial charge on any atom is -0.468 e. The highest BCUT2D eigenvalue weighted by atomic mass is 32.2. The lowest BCUT2D eigenvalue weighted by Crippen LogP contribution is -2.30. The number of nitrogens with zero attached hydrogens (tertiary/aromatic N) is 2. The first-order valence-corrected chi connectivity index (χ1v) is 6.51. The number of amides is 1. The Morgan fingerprint density at radius 2 is 2.47 bits per heavy atom. The number of rotatable bonds is 5. The van der Waals surface area contributed by atoms with Gasteiger partial charge in [-0.25, -0.2) is 15.7 Å². The van der Waals surface area contributed by atoms with Crippen molar-refractivity contribution < 1.29 is 9.21 Å². The van der Waals surface area contributed by atoms with E-state index in [1.807, 2.05) is 12.3 Å². The maximum absolute atomic E-state index is 11.5. The van der Waals surface area contributed by atoms with Crippen molar-refractivity contribution in [3.8, 4) is 0 Å². The Hall–Kier alpha value is -2.00. The molecule has 2 heterocycles. The lowest BCUT2D eigenvalue weighted by atomic mass is 10.2. The Labute approximate surface area is 112 Å². The molecule has 0 saturated heterocycles. The zero-order valence-electron chi connectivity index (χ0n) is 10.2. The van der Waals surface area contributed by atoms with Gasteiger partial charge in [-0.1, -0.05) is 11.8 Å². The number of nitrogens with one attached hydrogen (secondary N) is 2. The van der Waals surface area contributed by atoms with Gasteiger partial charge in [-0.15, -0.1) is 5.10 Å². The molecule has 0 radical (unpaired) electrons. The van der Waals surface area contributed by atoms with E-state index in [0.29, 0.717) is 28.8 Å². The standard InChI is InChI=1S/C10H13N5O3S/c1-2-15-9(17)13-14-10(15)19-5-7-6(3-4-18-7)8(16)12-11/h3-4H,2,5,11H2,1H3,(H,12,16)(H,13,17). The largest absolute Gasteiger partial charge is 0.468 e. The molecule has 102 valence electrons. The van der Waals surface area contributed by atoms with Crippen molar-refractivity contribution >= 4 is 17.7 Å². The van der Waals surface area contributed by atoms with E-state index in [2.05, 4.69) is 10.2 Å². The van der Waals surface area contributed by atoms with Gasteiger partial charge in [0.15, 0.2) is 5.16 Å². The molecule has 9 heteroatoms. The second-order valence-corrected chi connectivity index (χ2v) is 4.52. The summed E-state index contributed by atoms with van der Waals surface area (Å²) < 4.78 is 6.72. The van der Waals surface area contributed by atoms with Gasteiger partial charge in [0.2, 0.25) is 0 Å². The Balaban J connectivity index is 2.13. The summed E-state index contributed by atoms with van der Waals surface area (Å²) in [7, 11) is 0. The van der Waals surface area contributed by atoms with Gasteiger partial charge < -0.3 is 4.42 Å². The fourth-order valence-corrected chi connectivity index (χ4v) is 2.52. The summed E-state index contributed by atoms with van der Waals surface area (Å²) in [5.74, 6) is 5.51. The third-order valence-electron chi connectivity index (χ3n) is 2.49. The average Bonchev–Trinajstić information content (AvgIpc) is 3.01. The third-order valence-corrected chi connectivity index (χ3v) is 3.47. The van der Waals surface area contributed by atoms with Crippen LogP contribution in [-0.4, -0.2) is 20.7 Å². The quantitative estimate of drug-likeness (QED) is 0.309. The molecule has 0 aliphatic rings. The van der Waals surface area contributed by atoms with Crippen molar-refractivity contribution in [1.29, 1.82) is 0 Å². The highest BCUT2D eigenvalue weighted by molar-refractivity contribution is 7.98. The predicted molar refractivity (Wildman–Crippen MR) is 68.4 cm³/mol. The molecule has 0 aliphatic carbocycles. The first kappa shape index (κ1) is 13.4. The molecule has 0 unspecified atom stereocenters. The van der Waals surface area contributed by atoms with Crippen LogP contribution in [0.15, 0.2) is 26.7 Å². The maximum Gasteiger partial charge on any atom is 0.343 e. The normalized spacial score (nSPS) is 10.6. The summed E-state index contributed by atoms with van der Waals surface area (Å²) in [6.07, 6.45) is 1.41. The highest BCUT2D eigenvalue weighted by Crippen LogP contribution is 2.22. The first-order chi connectivity index (χ1) is 9.17. The monoisotopic (exact) mass is 283 g/mol. The van der Waals surface area contributed by atoms with Crippen molar-refractivity contribution in [3.05, 3.63) is 34.1 Å². The van der Waals surface area contributed by atoms with Gasteiger partial charge in [-0.3, -0.25) is 14.8 Å². The summed E-state index contributed by atoms with van der Waals surface area (Å²) in [4.78, 5) is 22.8. The topological polar surface area (TPSA) is 119 Å². The molecule has 0 aliphatic heterocycles. The molecule has 0 bridgehead atoms. The number of hydrazine groups is 1. The molecule has 2 aromatic rings. The van der Waals surface area contributed by atoms with Crippen LogP contribution in [0.5, 0.6) is 0 Å². The number of furan rings is 1. The van der Waals surface area contributed by atoms with Crippen LogP contribution in [0, 0.1) is 0 Å². The van der Waals surface area contributed by atoms with Crippen LogP contribution in [0.3, 0.4) is 0 Å². The van der Waals surface area contributed by atoms with Gasteiger partial charge in [0.25, 0.3) is 5.91 Å². The van der Waals surface area contributed by atoms with E-state index in [1.165, 1.54) is 28.7 Å². The number of carbonyl (C=O) groups excluding carboxylic acids is 1. The molecule has 0 spiro atoms. The zero-order valence-corrected chi connectivity index (χ0v) is 11.0. The van der Waals surface area contributed by atoms with E-state index >= 15 is 0 Å². The van der Waals surface area contributed by atoms with Gasteiger partial charge in [-0.2, -0.15) is 0 Å². The first-order valence-electron chi connectivity index (χ1n) is 5.52. The summed E-state index contributed by atoms with van der Waals surface area (Å²) in [5.41, 5.74) is 2.16. The number of aromatic amines is 1. The van der Waals surface area contributed by atoms with E-state index in [0.717, 1.165) is 0 Å². The second kappa shape index (κ2) is 5.76. The number of nitrogen functional groups attached to an aromatic ring is 1. The third kappa shape index (κ3) is 2.71. The number of thioether (sulfide) groups is 1. The smallest absolute Gasteiger partial charge is 0.343 e. The number of aromatic nitrogens is 3. The Morgan fingerprint density at radius 3 is 3.16 bits per heavy atom. The maximum atomic E-state index is 11.5. The molecule has 2 rings (SSSR count). The Bertz CT molecular complexity index is 629. The van der Waals surface area contributed by atoms with Crippen LogP contribution < -0.4 is 17.0 Å². The van der Waals surface area contributed by atoms with Crippen LogP contribution in [0.25, 0.3) is 0 Å². The van der Waals surface area contributed by atoms with Gasteiger partial charge in [-0.05, 0) is 13.0 Å². The summed E-state index contributed by atoms with van der Waals surface area (Å²) in [5, 5.41) is 6.82. The molecule has 0 aromatic carbocycles. The Morgan fingerprint density at radius 1 is 1.68 bits per heavy atom. The molecule has 2 aromatic heterocycles. The lowest BCUT2D eigenvalue weighted by molar-refractivity contribution is 0.0952. The van der Waals surface area contributed by atoms with Crippen LogP contribution in [0.2, 0.25) is 0 Å². The fraction of sp³-hybridized carbons (Fsp3) is 0.300. The molecule has 19 heavy (non-hydrogen) atoms. The minimum absolute atomic E-state index is 0.260. The van der Waals surface area contributed by atoms with Crippen LogP contribution in [-0.2, 0) is 12.3 Å². The summed E-state index contributed by atoms with van der Waals surface area (Å²) in [6.45, 7) is 2.37. The van der Waals surface area contributed by atoms with Crippen molar-refractivity contribution in [2.75, 3.05) is 0 Å². The predicted octanol–water partition coefficient (Wildman–Crippen LogP) is 0.0801. The molecule has 0 fully saturated rings. The molecule has 0 saturated carbocycles. The number of hydrogen-bond acceptors (Lipinski definition) is 6. The van der Waals surface area contributed by atoms with E-state index in [9.17, 15) is 9.59 Å². The number of carbonyl (C=O) groups is 1. The average molecular weight is 283 g/mol. The number of nitrogens with two attached hydrogens (primary N) is 1. The van der Waals surface area contributed by atoms with Gasteiger partial charge in [0.05, 0.1) is 17.6 Å². The SMILES string of the molecule is CCn1c(SCc2occc2C(=O)NN)n[nH]c1=O. The second-order valence-electron chi connectivity index (χ2n) is 3.58. The summed E-state index contributed by atoms with van der Waals surface area (Å²) in [6, 6.07) is 1.54. The minimum atomic E-state index is -0.417. The van der Waals surface area contributed by atoms with Crippen molar-refractivity contribution in [1.82, 2.24) is 20.2 Å². The van der Waals surface area contributed by atoms with E-state index in [4.69, 9.17) is 10.3 Å². The zero-order chi connectivity index (χ0) is 13.8. The van der Waals surface area contributed by atoms with Gasteiger partial charge in [0.1, 0.15) is 5.76 Å². The van der Waals surface area contributed by atoms with Gasteiger partial charge in [0, 0.05) is 6.54 Å². The van der Waals surface area contributed by atoms with E-state index in [1.54, 1.807) is 0 Å². The lowest BCUT2D eigenvalue weighted by Gasteiger charge is -2.02. The molecule has 8 nitrogen and oxygen atoms in total. The number of hydrogen-bond donors (Lipinski definition) is 3. The van der Waals surface area contributed by atoms with Crippen molar-refractivity contribution in [2.24, 2.45) is 5.84 Å². The van der Waals surface area contributed by atoms with E-state index < -0.39 is 5.91 Å². The molecule has 1 amide bonds. The Kier molecular flexibility index (Phi) is 4.07. The van der Waals surface area contributed by atoms with Crippen LogP contribution >= 0.6 is 11.8 Å². The molecule has 0 atom stereocenters. The van der Waals surface area contributed by atoms with Crippen molar-refractivity contribution in [3.63, 3.8) is 0 Å². The molecule has 4 N–H and O–H groups in total.